The SMILES string of the molecule is CCCC[C@H]1N=C(c2ccc(OC)cc2OCC)N(C(=O)N2CCC(N3CCCC3)CC2)[C@H]1c1ccc(Cl)cc1. The minimum atomic E-state index is -0.209. The molecule has 0 radical (unpaired) electrons. The van der Waals surface area contributed by atoms with Gasteiger partial charge in [-0.05, 0) is 81.9 Å². The van der Waals surface area contributed by atoms with Crippen LogP contribution < -0.4 is 9.47 Å². The van der Waals surface area contributed by atoms with Crippen molar-refractivity contribution in [1.82, 2.24) is 14.7 Å². The zero-order valence-corrected chi connectivity index (χ0v) is 24.9. The Kier molecular flexibility index (Phi) is 9.53. The van der Waals surface area contributed by atoms with Gasteiger partial charge < -0.3 is 19.3 Å². The number of ether oxygens (including phenoxy) is 2. The van der Waals surface area contributed by atoms with Crippen molar-refractivity contribution in [1.29, 1.82) is 0 Å². The second-order valence-corrected chi connectivity index (χ2v) is 11.5. The molecule has 0 aliphatic carbocycles. The van der Waals surface area contributed by atoms with Crippen LogP contribution in [0.5, 0.6) is 11.5 Å². The summed E-state index contributed by atoms with van der Waals surface area (Å²) >= 11 is 6.29. The molecule has 2 amide bonds. The Bertz CT molecular complexity index is 1170. The maximum atomic E-state index is 14.5. The standard InChI is InChI=1S/C32H43ClN4O3/c1-4-6-9-28-30(23-10-12-24(33)13-11-23)37(31(34-28)27-15-14-26(39-3)22-29(27)40-5-2)32(38)36-20-16-25(17-21-36)35-18-7-8-19-35/h10-15,22,25,28,30H,4-9,16-21H2,1-3H3/t28-,30+/m1/s1. The number of urea groups is 1. The monoisotopic (exact) mass is 566 g/mol. The van der Waals surface area contributed by atoms with Gasteiger partial charge in [-0.1, -0.05) is 43.5 Å². The quantitative estimate of drug-likeness (QED) is 0.335. The molecule has 2 aromatic carbocycles. The molecule has 2 fully saturated rings. The molecule has 2 saturated heterocycles. The van der Waals surface area contributed by atoms with Crippen LogP contribution in [0.25, 0.3) is 0 Å². The van der Waals surface area contributed by atoms with Gasteiger partial charge in [-0.15, -0.1) is 0 Å². The summed E-state index contributed by atoms with van der Waals surface area (Å²) in [5.74, 6) is 2.07. The molecule has 7 nitrogen and oxygen atoms in total. The van der Waals surface area contributed by atoms with Gasteiger partial charge in [0.1, 0.15) is 17.3 Å². The van der Waals surface area contributed by atoms with Crippen molar-refractivity contribution in [2.75, 3.05) is 39.9 Å². The van der Waals surface area contributed by atoms with Gasteiger partial charge in [-0.25, -0.2) is 4.79 Å². The van der Waals surface area contributed by atoms with Crippen molar-refractivity contribution < 1.29 is 14.3 Å². The summed E-state index contributed by atoms with van der Waals surface area (Å²) in [6.07, 6.45) is 7.62. The van der Waals surface area contributed by atoms with E-state index >= 15 is 0 Å². The number of piperidine rings is 1. The topological polar surface area (TPSA) is 57.6 Å². The van der Waals surface area contributed by atoms with Crippen LogP contribution in [-0.4, -0.2) is 78.5 Å². The predicted octanol–water partition coefficient (Wildman–Crippen LogP) is 6.79. The number of aliphatic imine (C=N–C) groups is 1. The number of likely N-dealkylation sites (tertiary alicyclic amines) is 2. The first-order valence-corrected chi connectivity index (χ1v) is 15.4. The zero-order valence-electron chi connectivity index (χ0n) is 24.2. The molecule has 5 rings (SSSR count). The fraction of sp³-hybridized carbons (Fsp3) is 0.562. The number of carbonyl (C=O) groups is 1. The molecule has 3 heterocycles. The minimum absolute atomic E-state index is 0.0239. The molecule has 0 spiro atoms. The highest BCUT2D eigenvalue weighted by Gasteiger charge is 2.44. The van der Waals surface area contributed by atoms with Gasteiger partial charge in [0.2, 0.25) is 0 Å². The number of halogens is 1. The molecule has 216 valence electrons. The van der Waals surface area contributed by atoms with E-state index in [2.05, 4.69) is 11.8 Å². The highest BCUT2D eigenvalue weighted by atomic mass is 35.5. The largest absolute Gasteiger partial charge is 0.497 e. The van der Waals surface area contributed by atoms with Crippen LogP contribution in [0, 0.1) is 0 Å². The van der Waals surface area contributed by atoms with Crippen LogP contribution in [0.2, 0.25) is 5.02 Å². The third-order valence-corrected chi connectivity index (χ3v) is 8.80. The smallest absolute Gasteiger partial charge is 0.326 e. The molecular formula is C32H43ClN4O3. The van der Waals surface area contributed by atoms with Gasteiger partial charge >= 0.3 is 6.03 Å². The molecule has 2 aromatic rings. The first-order valence-electron chi connectivity index (χ1n) is 15.0. The Morgan fingerprint density at radius 1 is 1.02 bits per heavy atom. The average molecular weight is 567 g/mol. The molecule has 0 unspecified atom stereocenters. The maximum absolute atomic E-state index is 14.5. The van der Waals surface area contributed by atoms with Crippen LogP contribution in [0.3, 0.4) is 0 Å². The number of amides is 2. The fourth-order valence-corrected chi connectivity index (χ4v) is 6.57. The van der Waals surface area contributed by atoms with E-state index < -0.39 is 0 Å². The van der Waals surface area contributed by atoms with Crippen LogP contribution in [0.4, 0.5) is 4.79 Å². The molecule has 0 bridgehead atoms. The Morgan fingerprint density at radius 3 is 2.40 bits per heavy atom. The van der Waals surface area contributed by atoms with E-state index in [0.717, 1.165) is 56.3 Å². The molecular weight excluding hydrogens is 524 g/mol. The van der Waals surface area contributed by atoms with Gasteiger partial charge in [0, 0.05) is 30.2 Å². The van der Waals surface area contributed by atoms with Gasteiger partial charge in [0.05, 0.1) is 31.4 Å². The summed E-state index contributed by atoms with van der Waals surface area (Å²) in [7, 11) is 1.65. The van der Waals surface area contributed by atoms with Crippen molar-refractivity contribution in [2.24, 2.45) is 4.99 Å². The van der Waals surface area contributed by atoms with E-state index in [-0.39, 0.29) is 18.1 Å². The number of benzene rings is 2. The highest BCUT2D eigenvalue weighted by Crippen LogP contribution is 2.40. The summed E-state index contributed by atoms with van der Waals surface area (Å²) in [6, 6.07) is 14.0. The Morgan fingerprint density at radius 2 is 1.75 bits per heavy atom. The first kappa shape index (κ1) is 28.7. The number of hydrogen-bond donors (Lipinski definition) is 0. The number of amidine groups is 1. The van der Waals surface area contributed by atoms with Gasteiger partial charge in [0.25, 0.3) is 0 Å². The van der Waals surface area contributed by atoms with E-state index in [1.165, 1.54) is 25.9 Å². The van der Waals surface area contributed by atoms with Gasteiger partial charge in [0.15, 0.2) is 0 Å². The van der Waals surface area contributed by atoms with Crippen LogP contribution in [0.15, 0.2) is 47.5 Å². The molecule has 2 atom stereocenters. The van der Waals surface area contributed by atoms with E-state index in [9.17, 15) is 4.79 Å². The number of nitrogens with zero attached hydrogens (tertiary/aromatic N) is 4. The summed E-state index contributed by atoms with van der Waals surface area (Å²) in [5, 5.41) is 0.684. The Balaban J connectivity index is 1.51. The number of unbranched alkanes of at least 4 members (excludes halogenated alkanes) is 1. The van der Waals surface area contributed by atoms with E-state index in [1.807, 2.05) is 59.2 Å². The normalized spacial score (nSPS) is 22.1. The molecule has 8 heteroatoms. The summed E-state index contributed by atoms with van der Waals surface area (Å²) < 4.78 is 11.6. The zero-order chi connectivity index (χ0) is 28.1. The average Bonchev–Trinajstić information content (AvgIpc) is 3.65. The molecule has 0 saturated carbocycles. The summed E-state index contributed by atoms with van der Waals surface area (Å²) in [6.45, 7) is 8.57. The first-order chi connectivity index (χ1) is 19.5. The molecule has 3 aliphatic heterocycles. The van der Waals surface area contributed by atoms with Crippen LogP contribution >= 0.6 is 11.6 Å². The van der Waals surface area contributed by atoms with E-state index in [1.54, 1.807) is 7.11 Å². The van der Waals surface area contributed by atoms with E-state index in [4.69, 9.17) is 26.1 Å². The second kappa shape index (κ2) is 13.3. The predicted molar refractivity (Wildman–Crippen MR) is 161 cm³/mol. The number of carbonyl (C=O) groups excluding carboxylic acids is 1. The lowest BCUT2D eigenvalue weighted by molar-refractivity contribution is 0.117. The number of methoxy groups -OCH3 is 1. The molecule has 0 aromatic heterocycles. The van der Waals surface area contributed by atoms with Crippen molar-refractivity contribution in [3.05, 3.63) is 58.6 Å². The summed E-state index contributed by atoms with van der Waals surface area (Å²) in [5.41, 5.74) is 1.87. The van der Waals surface area contributed by atoms with Crippen molar-refractivity contribution >= 4 is 23.5 Å². The minimum Gasteiger partial charge on any atom is -0.497 e. The van der Waals surface area contributed by atoms with Crippen LogP contribution in [-0.2, 0) is 0 Å². The lowest BCUT2D eigenvalue weighted by Crippen LogP contribution is -2.52. The van der Waals surface area contributed by atoms with Gasteiger partial charge in [-0.2, -0.15) is 0 Å². The molecule has 0 N–H and O–H groups in total. The number of hydrogen-bond acceptors (Lipinski definition) is 5. The third kappa shape index (κ3) is 6.10. The lowest BCUT2D eigenvalue weighted by Gasteiger charge is -2.40. The van der Waals surface area contributed by atoms with Gasteiger partial charge in [-0.3, -0.25) is 9.89 Å². The molecule has 3 aliphatic rings. The number of rotatable bonds is 9. The third-order valence-electron chi connectivity index (χ3n) is 8.55. The summed E-state index contributed by atoms with van der Waals surface area (Å²) in [4.78, 5) is 26.4. The second-order valence-electron chi connectivity index (χ2n) is 11.1. The van der Waals surface area contributed by atoms with Crippen LogP contribution in [0.1, 0.15) is 76.0 Å². The Labute approximate surface area is 244 Å². The highest BCUT2D eigenvalue weighted by molar-refractivity contribution is 6.30. The van der Waals surface area contributed by atoms with Crippen molar-refractivity contribution in [3.63, 3.8) is 0 Å². The Hall–Kier alpha value is -2.77. The fourth-order valence-electron chi connectivity index (χ4n) is 6.44. The lowest BCUT2D eigenvalue weighted by atomic mass is 9.95. The maximum Gasteiger partial charge on any atom is 0.326 e. The van der Waals surface area contributed by atoms with Crippen molar-refractivity contribution in [3.8, 4) is 11.5 Å². The van der Waals surface area contributed by atoms with E-state index in [0.29, 0.717) is 35.0 Å². The molecule has 40 heavy (non-hydrogen) atoms. The van der Waals surface area contributed by atoms with Crippen molar-refractivity contribution in [2.45, 2.75) is 76.9 Å².